The van der Waals surface area contributed by atoms with Crippen molar-refractivity contribution in [1.29, 1.82) is 0 Å². The summed E-state index contributed by atoms with van der Waals surface area (Å²) in [6.07, 6.45) is 2.81. The fourth-order valence-corrected chi connectivity index (χ4v) is 2.82. The molecule has 3 nitrogen and oxygen atoms in total. The third kappa shape index (κ3) is 7.66. The van der Waals surface area contributed by atoms with Crippen LogP contribution in [0.3, 0.4) is 0 Å². The van der Waals surface area contributed by atoms with Crippen molar-refractivity contribution in [2.75, 3.05) is 0 Å². The summed E-state index contributed by atoms with van der Waals surface area (Å²) in [4.78, 5) is 0. The van der Waals surface area contributed by atoms with Crippen LogP contribution in [0.5, 0.6) is 0 Å². The predicted molar refractivity (Wildman–Crippen MR) is 100 cm³/mol. The van der Waals surface area contributed by atoms with Crippen LogP contribution in [0.4, 0.5) is 8.78 Å². The highest BCUT2D eigenvalue weighted by molar-refractivity contribution is 8.13. The molecule has 0 saturated heterocycles. The van der Waals surface area contributed by atoms with Crippen molar-refractivity contribution in [2.24, 2.45) is 16.8 Å². The molecule has 0 aromatic heterocycles. The lowest BCUT2D eigenvalue weighted by Gasteiger charge is -2.03. The van der Waals surface area contributed by atoms with Gasteiger partial charge in [-0.1, -0.05) is 43.8 Å². The van der Waals surface area contributed by atoms with E-state index in [0.29, 0.717) is 22.4 Å². The molecule has 0 spiro atoms. The van der Waals surface area contributed by atoms with Crippen molar-refractivity contribution in [3.05, 3.63) is 70.8 Å². The summed E-state index contributed by atoms with van der Waals surface area (Å²) in [6.45, 7) is 4.38. The predicted octanol–water partition coefficient (Wildman–Crippen LogP) is -0.170. The average molecular weight is 442 g/mol. The number of hydrogen-bond donors (Lipinski definition) is 2. The Bertz CT molecular complexity index is 762. The van der Waals surface area contributed by atoms with Crippen LogP contribution in [0.2, 0.25) is 0 Å². The number of rotatable bonds is 6. The van der Waals surface area contributed by atoms with Gasteiger partial charge in [0.1, 0.15) is 0 Å². The van der Waals surface area contributed by atoms with Gasteiger partial charge in [-0.25, -0.2) is 8.78 Å². The first-order chi connectivity index (χ1) is 11.9. The van der Waals surface area contributed by atoms with E-state index < -0.39 is 11.6 Å². The number of hydrogen-bond acceptors (Lipinski definition) is 2. The molecular weight excluding hydrogens is 420 g/mol. The Kier molecular flexibility index (Phi) is 9.51. The number of benzene rings is 2. The third-order valence-electron chi connectivity index (χ3n) is 3.40. The fourth-order valence-electron chi connectivity index (χ4n) is 2.21. The molecule has 0 saturated carbocycles. The van der Waals surface area contributed by atoms with Gasteiger partial charge in [0.2, 0.25) is 11.4 Å². The summed E-state index contributed by atoms with van der Waals surface area (Å²) in [6, 6.07) is 12.0. The fraction of sp³-hybridized carbons (Fsp3) is 0.263. The average Bonchev–Trinajstić information content (AvgIpc) is 2.57. The highest BCUT2D eigenvalue weighted by Crippen LogP contribution is 2.15. The highest BCUT2D eigenvalue weighted by Gasteiger charge is 2.04. The minimum absolute atomic E-state index is 0. The number of nitrogens with two attached hydrogens (primary N) is 1. The minimum Gasteiger partial charge on any atom is -1.00 e. The molecule has 2 aromatic rings. The minimum atomic E-state index is -0.860. The van der Waals surface area contributed by atoms with Crippen LogP contribution in [-0.4, -0.2) is 11.4 Å². The number of nitrogens with zero attached hydrogens (tertiary/aromatic N) is 1. The van der Waals surface area contributed by atoms with Crippen LogP contribution in [0, 0.1) is 17.6 Å². The monoisotopic (exact) mass is 441 g/mol. The topological polar surface area (TPSA) is 52.3 Å². The third-order valence-corrected chi connectivity index (χ3v) is 4.27. The van der Waals surface area contributed by atoms with Crippen molar-refractivity contribution in [2.45, 2.75) is 26.0 Å². The lowest BCUT2D eigenvalue weighted by molar-refractivity contribution is -0.456. The van der Waals surface area contributed by atoms with E-state index in [1.54, 1.807) is 6.21 Å². The van der Waals surface area contributed by atoms with Crippen molar-refractivity contribution < 1.29 is 30.9 Å². The Morgan fingerprint density at radius 3 is 2.38 bits per heavy atom. The maximum Gasteiger partial charge on any atom is 0.226 e. The Morgan fingerprint density at radius 2 is 1.77 bits per heavy atom. The second kappa shape index (κ2) is 11.1. The van der Waals surface area contributed by atoms with E-state index in [9.17, 15) is 8.78 Å². The first kappa shape index (κ1) is 22.3. The van der Waals surface area contributed by atoms with Crippen LogP contribution >= 0.6 is 11.8 Å². The van der Waals surface area contributed by atoms with Crippen LogP contribution in [0.15, 0.2) is 47.6 Å². The van der Waals surface area contributed by atoms with E-state index in [0.717, 1.165) is 24.1 Å². The molecule has 140 valence electrons. The normalized spacial score (nSPS) is 11.8. The molecule has 0 aliphatic heterocycles. The Hall–Kier alpha value is -1.73. The number of halogens is 3. The van der Waals surface area contributed by atoms with Gasteiger partial charge < -0.3 is 22.7 Å². The molecule has 26 heavy (non-hydrogen) atoms. The zero-order valence-electron chi connectivity index (χ0n) is 14.7. The molecule has 0 amide bonds. The molecule has 0 heterocycles. The van der Waals surface area contributed by atoms with Gasteiger partial charge in [-0.15, -0.1) is 5.10 Å². The van der Waals surface area contributed by atoms with Gasteiger partial charge in [-0.3, -0.25) is 0 Å². The van der Waals surface area contributed by atoms with E-state index in [-0.39, 0.29) is 17.0 Å². The maximum atomic E-state index is 13.1. The van der Waals surface area contributed by atoms with Gasteiger partial charge in [0, 0.05) is 16.4 Å². The summed E-state index contributed by atoms with van der Waals surface area (Å²) in [5.74, 6) is -0.672. The quantitative estimate of drug-likeness (QED) is 0.371. The zero-order valence-corrected chi connectivity index (χ0v) is 17.1. The van der Waals surface area contributed by atoms with Crippen LogP contribution in [-0.2, 0) is 12.2 Å². The van der Waals surface area contributed by atoms with E-state index >= 15 is 0 Å². The molecule has 7 heteroatoms. The van der Waals surface area contributed by atoms with Crippen LogP contribution < -0.4 is 27.8 Å². The number of thioether (sulfide) groups is 1. The summed E-state index contributed by atoms with van der Waals surface area (Å²) in [7, 11) is 0. The SMILES string of the molecule is CC(C)Cc1ccc(C=[NH+]N=C(N)SCc2ccc(F)c(F)c2)cc1.[Br-]. The maximum absolute atomic E-state index is 13.1. The van der Waals surface area contributed by atoms with Crippen molar-refractivity contribution in [3.63, 3.8) is 0 Å². The largest absolute Gasteiger partial charge is 1.00 e. The molecule has 0 radical (unpaired) electrons. The first-order valence-electron chi connectivity index (χ1n) is 8.01. The van der Waals surface area contributed by atoms with E-state index in [1.807, 2.05) is 12.1 Å². The van der Waals surface area contributed by atoms with Gasteiger partial charge in [-0.2, -0.15) is 0 Å². The zero-order chi connectivity index (χ0) is 18.2. The van der Waals surface area contributed by atoms with Gasteiger partial charge in [0.15, 0.2) is 11.6 Å². The first-order valence-corrected chi connectivity index (χ1v) is 9.00. The Balaban J connectivity index is 0.00000338. The Morgan fingerprint density at radius 1 is 1.12 bits per heavy atom. The molecule has 3 N–H and O–H groups in total. The summed E-state index contributed by atoms with van der Waals surface area (Å²) < 4.78 is 26.0. The van der Waals surface area contributed by atoms with Crippen molar-refractivity contribution >= 4 is 23.1 Å². The molecule has 2 aromatic carbocycles. The number of amidine groups is 1. The smallest absolute Gasteiger partial charge is 0.226 e. The molecule has 0 bridgehead atoms. The Labute approximate surface area is 167 Å². The van der Waals surface area contributed by atoms with E-state index in [1.165, 1.54) is 23.4 Å². The van der Waals surface area contributed by atoms with Crippen LogP contribution in [0.1, 0.15) is 30.5 Å². The molecule has 2 rings (SSSR count). The molecular formula is C19H22BrF2N3S. The molecule has 0 aliphatic carbocycles. The van der Waals surface area contributed by atoms with Crippen molar-refractivity contribution in [3.8, 4) is 0 Å². The molecule has 0 unspecified atom stereocenters. The lowest BCUT2D eigenvalue weighted by atomic mass is 10.0. The summed E-state index contributed by atoms with van der Waals surface area (Å²) in [5, 5.41) is 7.15. The highest BCUT2D eigenvalue weighted by atomic mass is 79.9. The molecule has 0 aliphatic rings. The number of nitrogens with one attached hydrogen (secondary N) is 1. The summed E-state index contributed by atoms with van der Waals surface area (Å²) >= 11 is 1.24. The molecule has 0 fully saturated rings. The second-order valence-electron chi connectivity index (χ2n) is 6.10. The van der Waals surface area contributed by atoms with Crippen LogP contribution in [0.25, 0.3) is 0 Å². The number of hydrazone groups is 1. The van der Waals surface area contributed by atoms with E-state index in [4.69, 9.17) is 5.73 Å². The molecule has 0 atom stereocenters. The van der Waals surface area contributed by atoms with Crippen molar-refractivity contribution in [1.82, 2.24) is 0 Å². The van der Waals surface area contributed by atoms with E-state index in [2.05, 4.69) is 36.2 Å². The lowest BCUT2D eigenvalue weighted by Crippen LogP contribution is -3.00. The van der Waals surface area contributed by atoms with Gasteiger partial charge >= 0.3 is 0 Å². The van der Waals surface area contributed by atoms with Gasteiger partial charge in [0.25, 0.3) is 0 Å². The summed E-state index contributed by atoms with van der Waals surface area (Å²) in [5.41, 5.74) is 8.74. The second-order valence-corrected chi connectivity index (χ2v) is 7.10. The standard InChI is InChI=1S/C19H21F2N3S.BrH/c1-13(2)9-14-3-5-15(6-4-14)11-23-24-19(22)25-12-16-7-8-17(20)18(21)10-16;/h3-8,10-11,13H,9,12H2,1-2H3,(H2,22,24);1H. The van der Waals surface area contributed by atoms with Gasteiger partial charge in [0.05, 0.1) is 0 Å². The van der Waals surface area contributed by atoms with Gasteiger partial charge in [-0.05, 0) is 47.7 Å².